The molecule has 19 heavy (non-hydrogen) atoms. The maximum Gasteiger partial charge on any atom is 0.339 e. The number of H-pyrrole nitrogens is 1. The lowest BCUT2D eigenvalue weighted by atomic mass is 10.3. The fourth-order valence-corrected chi connectivity index (χ4v) is 2.62. The molecular formula is C10H13N5O3S. The Kier molecular flexibility index (Phi) is 3.58. The van der Waals surface area contributed by atoms with E-state index in [0.29, 0.717) is 21.4 Å². The molecule has 0 radical (unpaired) electrons. The topological polar surface area (TPSA) is 106 Å². The molecule has 0 bridgehead atoms. The number of aryl methyl sites for hydroxylation is 3. The second-order valence-corrected chi connectivity index (χ2v) is 4.91. The van der Waals surface area contributed by atoms with Gasteiger partial charge in [-0.1, -0.05) is 0 Å². The Labute approximate surface area is 112 Å². The molecule has 0 amide bonds. The molecule has 2 aromatic heterocycles. The minimum Gasteiger partial charge on any atom is -0.392 e. The smallest absolute Gasteiger partial charge is 0.339 e. The standard InChI is InChI=1S/C10H13N5O3S/c1-5-6(4-16)9(14(2)12-5)19-10-11-7(17)8(18)13-15(10)3/h16H,4H2,1-3H3,(H,13,18). The Bertz CT molecular complexity index is 730. The van der Waals surface area contributed by atoms with Crippen LogP contribution in [0.5, 0.6) is 0 Å². The van der Waals surface area contributed by atoms with Gasteiger partial charge in [0.1, 0.15) is 5.03 Å². The predicted molar refractivity (Wildman–Crippen MR) is 68.1 cm³/mol. The molecule has 0 saturated carbocycles. The molecule has 2 N–H and O–H groups in total. The first-order valence-electron chi connectivity index (χ1n) is 5.42. The van der Waals surface area contributed by atoms with E-state index in [1.54, 1.807) is 25.7 Å². The van der Waals surface area contributed by atoms with Crippen molar-refractivity contribution < 1.29 is 5.11 Å². The van der Waals surface area contributed by atoms with Crippen LogP contribution in [0.1, 0.15) is 11.3 Å². The molecule has 2 rings (SSSR count). The molecule has 0 unspecified atom stereocenters. The second kappa shape index (κ2) is 5.02. The molecule has 2 heterocycles. The van der Waals surface area contributed by atoms with Crippen molar-refractivity contribution in [3.8, 4) is 0 Å². The first kappa shape index (κ1) is 13.6. The molecule has 8 nitrogen and oxygen atoms in total. The number of nitrogens with one attached hydrogen (secondary N) is 1. The molecule has 0 saturated heterocycles. The number of aromatic amines is 1. The molecule has 0 spiro atoms. The summed E-state index contributed by atoms with van der Waals surface area (Å²) in [5, 5.41) is 16.9. The summed E-state index contributed by atoms with van der Waals surface area (Å²) in [6.07, 6.45) is 0. The third kappa shape index (κ3) is 2.47. The van der Waals surface area contributed by atoms with Crippen LogP contribution >= 0.6 is 11.8 Å². The summed E-state index contributed by atoms with van der Waals surface area (Å²) >= 11 is 1.16. The SMILES string of the molecule is Cc1nn(C)c(Sc2nc(=O)c(=O)[nH]n2C)c1CO. The Morgan fingerprint density at radius 3 is 2.68 bits per heavy atom. The first-order chi connectivity index (χ1) is 8.93. The van der Waals surface area contributed by atoms with E-state index in [0.717, 1.165) is 11.8 Å². The second-order valence-electron chi connectivity index (χ2n) is 3.95. The molecule has 0 atom stereocenters. The van der Waals surface area contributed by atoms with E-state index in [2.05, 4.69) is 15.2 Å². The van der Waals surface area contributed by atoms with E-state index < -0.39 is 11.1 Å². The van der Waals surface area contributed by atoms with Crippen molar-refractivity contribution >= 4 is 11.8 Å². The zero-order chi connectivity index (χ0) is 14.2. The number of aromatic nitrogens is 5. The zero-order valence-corrected chi connectivity index (χ0v) is 11.5. The molecule has 0 aliphatic rings. The lowest BCUT2D eigenvalue weighted by Crippen LogP contribution is -2.33. The minimum atomic E-state index is -0.843. The highest BCUT2D eigenvalue weighted by molar-refractivity contribution is 7.99. The monoisotopic (exact) mass is 283 g/mol. The first-order valence-corrected chi connectivity index (χ1v) is 6.24. The van der Waals surface area contributed by atoms with Crippen LogP contribution in [0.4, 0.5) is 0 Å². The molecular weight excluding hydrogens is 270 g/mol. The van der Waals surface area contributed by atoms with Crippen molar-refractivity contribution in [2.24, 2.45) is 14.1 Å². The van der Waals surface area contributed by atoms with Crippen LogP contribution in [0.3, 0.4) is 0 Å². The largest absolute Gasteiger partial charge is 0.392 e. The fourth-order valence-electron chi connectivity index (χ4n) is 1.63. The van der Waals surface area contributed by atoms with Crippen molar-refractivity contribution in [1.82, 2.24) is 24.5 Å². The van der Waals surface area contributed by atoms with Crippen molar-refractivity contribution in [1.29, 1.82) is 0 Å². The Balaban J connectivity index is 2.50. The third-order valence-electron chi connectivity index (χ3n) is 2.58. The number of hydrogen-bond donors (Lipinski definition) is 2. The molecule has 0 fully saturated rings. The average molecular weight is 283 g/mol. The normalized spacial score (nSPS) is 10.9. The third-order valence-corrected chi connectivity index (χ3v) is 3.83. The van der Waals surface area contributed by atoms with Crippen LogP contribution in [0, 0.1) is 6.92 Å². The maximum atomic E-state index is 11.3. The number of hydrogen-bond acceptors (Lipinski definition) is 6. The van der Waals surface area contributed by atoms with Gasteiger partial charge in [0.15, 0.2) is 5.16 Å². The van der Waals surface area contributed by atoms with Gasteiger partial charge in [-0.25, -0.2) is 0 Å². The van der Waals surface area contributed by atoms with E-state index in [4.69, 9.17) is 0 Å². The summed E-state index contributed by atoms with van der Waals surface area (Å²) in [6.45, 7) is 1.63. The summed E-state index contributed by atoms with van der Waals surface area (Å²) in [7, 11) is 3.32. The van der Waals surface area contributed by atoms with Gasteiger partial charge in [0, 0.05) is 19.7 Å². The molecule has 2 aromatic rings. The number of aliphatic hydroxyl groups excluding tert-OH is 1. The van der Waals surface area contributed by atoms with Crippen molar-refractivity contribution in [2.45, 2.75) is 23.7 Å². The summed E-state index contributed by atoms with van der Waals surface area (Å²) in [5.41, 5.74) is -0.227. The maximum absolute atomic E-state index is 11.3. The van der Waals surface area contributed by atoms with Crippen molar-refractivity contribution in [2.75, 3.05) is 0 Å². The van der Waals surface area contributed by atoms with Gasteiger partial charge in [-0.05, 0) is 18.7 Å². The number of nitrogens with zero attached hydrogens (tertiary/aromatic N) is 4. The molecule has 102 valence electrons. The van der Waals surface area contributed by atoms with Gasteiger partial charge in [-0.2, -0.15) is 10.1 Å². The molecule has 0 aliphatic carbocycles. The number of rotatable bonds is 3. The Morgan fingerprint density at radius 1 is 1.37 bits per heavy atom. The highest BCUT2D eigenvalue weighted by Crippen LogP contribution is 2.29. The molecule has 9 heteroatoms. The van der Waals surface area contributed by atoms with E-state index >= 15 is 0 Å². The number of aliphatic hydroxyl groups is 1. The molecule has 0 aromatic carbocycles. The van der Waals surface area contributed by atoms with Gasteiger partial charge in [0.25, 0.3) is 0 Å². The van der Waals surface area contributed by atoms with Gasteiger partial charge >= 0.3 is 11.1 Å². The van der Waals surface area contributed by atoms with Crippen LogP contribution in [0.15, 0.2) is 19.8 Å². The Morgan fingerprint density at radius 2 is 2.05 bits per heavy atom. The quantitative estimate of drug-likeness (QED) is 0.711. The lowest BCUT2D eigenvalue weighted by Gasteiger charge is -2.07. The van der Waals surface area contributed by atoms with E-state index in [-0.39, 0.29) is 6.61 Å². The van der Waals surface area contributed by atoms with Gasteiger partial charge in [-0.3, -0.25) is 24.1 Å². The summed E-state index contributed by atoms with van der Waals surface area (Å²) in [5.74, 6) is 0. The van der Waals surface area contributed by atoms with Gasteiger partial charge in [-0.15, -0.1) is 0 Å². The summed E-state index contributed by atoms with van der Waals surface area (Å²) in [4.78, 5) is 26.1. The van der Waals surface area contributed by atoms with E-state index in [1.165, 1.54) is 4.68 Å². The fraction of sp³-hybridized carbons (Fsp3) is 0.400. The van der Waals surface area contributed by atoms with E-state index in [9.17, 15) is 14.7 Å². The van der Waals surface area contributed by atoms with Crippen LogP contribution in [0.2, 0.25) is 0 Å². The van der Waals surface area contributed by atoms with Crippen molar-refractivity contribution in [3.63, 3.8) is 0 Å². The van der Waals surface area contributed by atoms with Crippen LogP contribution < -0.4 is 11.1 Å². The van der Waals surface area contributed by atoms with E-state index in [1.807, 2.05) is 0 Å². The summed E-state index contributed by atoms with van der Waals surface area (Å²) < 4.78 is 2.96. The van der Waals surface area contributed by atoms with Crippen LogP contribution in [0.25, 0.3) is 0 Å². The van der Waals surface area contributed by atoms with Crippen molar-refractivity contribution in [3.05, 3.63) is 32.0 Å². The molecule has 0 aliphatic heterocycles. The van der Waals surface area contributed by atoms with Crippen LogP contribution in [-0.4, -0.2) is 29.7 Å². The van der Waals surface area contributed by atoms with Gasteiger partial charge < -0.3 is 5.11 Å². The van der Waals surface area contributed by atoms with Crippen LogP contribution in [-0.2, 0) is 20.7 Å². The van der Waals surface area contributed by atoms with Gasteiger partial charge in [0.2, 0.25) is 0 Å². The van der Waals surface area contributed by atoms with Gasteiger partial charge in [0.05, 0.1) is 12.3 Å². The summed E-state index contributed by atoms with van der Waals surface area (Å²) in [6, 6.07) is 0. The highest BCUT2D eigenvalue weighted by atomic mass is 32.2. The average Bonchev–Trinajstić information content (AvgIpc) is 2.60. The lowest BCUT2D eigenvalue weighted by molar-refractivity contribution is 0.277. The Hall–Kier alpha value is -1.87. The zero-order valence-electron chi connectivity index (χ0n) is 10.7. The predicted octanol–water partition coefficient (Wildman–Crippen LogP) is -0.846. The highest BCUT2D eigenvalue weighted by Gasteiger charge is 2.16. The minimum absolute atomic E-state index is 0.153.